The number of rotatable bonds is 4. The lowest BCUT2D eigenvalue weighted by molar-refractivity contribution is 0.186. The zero-order valence-corrected chi connectivity index (χ0v) is 11.7. The Kier molecular flexibility index (Phi) is 7.17. The van der Waals surface area contributed by atoms with Gasteiger partial charge in [-0.1, -0.05) is 30.3 Å². The summed E-state index contributed by atoms with van der Waals surface area (Å²) in [6.45, 7) is 3.28. The van der Waals surface area contributed by atoms with Crippen LogP contribution in [0.25, 0.3) is 0 Å². The summed E-state index contributed by atoms with van der Waals surface area (Å²) in [7, 11) is 0. The van der Waals surface area contributed by atoms with Crippen LogP contribution in [0, 0.1) is 0 Å². The van der Waals surface area contributed by atoms with Crippen LogP contribution < -0.4 is 11.1 Å². The molecule has 0 aliphatic rings. The predicted octanol–water partition coefficient (Wildman–Crippen LogP) is 2.50. The quantitative estimate of drug-likeness (QED) is 0.691. The first-order valence-corrected chi connectivity index (χ1v) is 6.63. The molecule has 0 fully saturated rings. The first-order chi connectivity index (χ1) is 9.67. The van der Waals surface area contributed by atoms with Crippen molar-refractivity contribution in [1.82, 2.24) is 0 Å². The fourth-order valence-electron chi connectivity index (χ4n) is 1.59. The Hall–Kier alpha value is -2.04. The number of para-hydroxylation sites is 1. The molecule has 0 amide bonds. The van der Waals surface area contributed by atoms with Crippen LogP contribution in [0.15, 0.2) is 54.6 Å². The van der Waals surface area contributed by atoms with Gasteiger partial charge >= 0.3 is 0 Å². The molecule has 0 aliphatic heterocycles. The Morgan fingerprint density at radius 3 is 2.15 bits per heavy atom. The normalized spacial score (nSPS) is 11.2. The predicted molar refractivity (Wildman–Crippen MR) is 82.7 cm³/mol. The minimum Gasteiger partial charge on any atom is -0.508 e. The number of hydrogen-bond acceptors (Lipinski definition) is 4. The van der Waals surface area contributed by atoms with Crippen molar-refractivity contribution in [1.29, 1.82) is 0 Å². The molecule has 0 aliphatic carbocycles. The Morgan fingerprint density at radius 1 is 1.05 bits per heavy atom. The van der Waals surface area contributed by atoms with Gasteiger partial charge in [0.05, 0.1) is 6.10 Å². The second-order valence-electron chi connectivity index (χ2n) is 4.24. The average molecular weight is 274 g/mol. The fraction of sp³-hybridized carbons (Fsp3) is 0.250. The van der Waals surface area contributed by atoms with E-state index in [1.165, 1.54) is 17.8 Å². The molecule has 1 unspecified atom stereocenters. The second kappa shape index (κ2) is 8.96. The van der Waals surface area contributed by atoms with Gasteiger partial charge in [0.15, 0.2) is 0 Å². The van der Waals surface area contributed by atoms with Crippen molar-refractivity contribution in [2.45, 2.75) is 13.0 Å². The van der Waals surface area contributed by atoms with Gasteiger partial charge in [0.25, 0.3) is 0 Å². The lowest BCUT2D eigenvalue weighted by Gasteiger charge is -2.06. The smallest absolute Gasteiger partial charge is 0.115 e. The number of phenolic OH excluding ortho intramolecular Hbond substituents is 1. The lowest BCUT2D eigenvalue weighted by Crippen LogP contribution is -2.10. The largest absolute Gasteiger partial charge is 0.508 e. The van der Waals surface area contributed by atoms with Crippen LogP contribution in [0.3, 0.4) is 0 Å². The molecule has 0 saturated heterocycles. The van der Waals surface area contributed by atoms with Gasteiger partial charge in [-0.15, -0.1) is 0 Å². The SMILES string of the molecule is CCNc1ccccc1.NCC(O)c1ccc(O)cc1. The highest BCUT2D eigenvalue weighted by molar-refractivity contribution is 5.41. The summed E-state index contributed by atoms with van der Waals surface area (Å²) in [6, 6.07) is 16.5. The van der Waals surface area contributed by atoms with Gasteiger partial charge in [0, 0.05) is 18.8 Å². The maximum atomic E-state index is 9.21. The van der Waals surface area contributed by atoms with Crippen LogP contribution in [-0.2, 0) is 0 Å². The van der Waals surface area contributed by atoms with Crippen molar-refractivity contribution in [2.24, 2.45) is 5.73 Å². The summed E-state index contributed by atoms with van der Waals surface area (Å²) in [5.41, 5.74) is 7.15. The molecule has 0 bridgehead atoms. The molecule has 0 radical (unpaired) electrons. The molecule has 0 saturated carbocycles. The zero-order chi connectivity index (χ0) is 14.8. The van der Waals surface area contributed by atoms with Gasteiger partial charge < -0.3 is 21.3 Å². The summed E-state index contributed by atoms with van der Waals surface area (Å²) >= 11 is 0. The van der Waals surface area contributed by atoms with Crippen molar-refractivity contribution >= 4 is 5.69 Å². The van der Waals surface area contributed by atoms with E-state index in [2.05, 4.69) is 24.4 Å². The monoisotopic (exact) mass is 274 g/mol. The van der Waals surface area contributed by atoms with E-state index in [1.54, 1.807) is 12.1 Å². The molecule has 1 atom stereocenters. The van der Waals surface area contributed by atoms with Crippen molar-refractivity contribution in [3.63, 3.8) is 0 Å². The van der Waals surface area contributed by atoms with Crippen LogP contribution in [-0.4, -0.2) is 23.3 Å². The molecular weight excluding hydrogens is 252 g/mol. The Morgan fingerprint density at radius 2 is 1.65 bits per heavy atom. The topological polar surface area (TPSA) is 78.5 Å². The van der Waals surface area contributed by atoms with Crippen molar-refractivity contribution in [3.05, 3.63) is 60.2 Å². The van der Waals surface area contributed by atoms with E-state index in [0.717, 1.165) is 12.1 Å². The second-order valence-corrected chi connectivity index (χ2v) is 4.24. The maximum absolute atomic E-state index is 9.21. The first-order valence-electron chi connectivity index (χ1n) is 6.63. The number of hydrogen-bond donors (Lipinski definition) is 4. The summed E-state index contributed by atoms with van der Waals surface area (Å²) in [5.74, 6) is 0.193. The van der Waals surface area contributed by atoms with E-state index in [9.17, 15) is 5.11 Å². The molecule has 0 spiro atoms. The van der Waals surface area contributed by atoms with E-state index in [-0.39, 0.29) is 12.3 Å². The van der Waals surface area contributed by atoms with E-state index >= 15 is 0 Å². The Balaban J connectivity index is 0.000000204. The molecule has 2 rings (SSSR count). The molecule has 0 heterocycles. The summed E-state index contributed by atoms with van der Waals surface area (Å²) < 4.78 is 0. The Labute approximate surface area is 119 Å². The van der Waals surface area contributed by atoms with Crippen molar-refractivity contribution in [3.8, 4) is 5.75 Å². The minimum absolute atomic E-state index is 0.193. The first kappa shape index (κ1) is 16.0. The number of phenols is 1. The minimum atomic E-state index is -0.629. The van der Waals surface area contributed by atoms with Gasteiger partial charge in [0.1, 0.15) is 5.75 Å². The number of anilines is 1. The van der Waals surface area contributed by atoms with Crippen LogP contribution in [0.4, 0.5) is 5.69 Å². The number of benzene rings is 2. The number of aliphatic hydroxyl groups excluding tert-OH is 1. The number of nitrogens with one attached hydrogen (secondary N) is 1. The van der Waals surface area contributed by atoms with Crippen LogP contribution in [0.5, 0.6) is 5.75 Å². The molecule has 108 valence electrons. The third kappa shape index (κ3) is 5.73. The highest BCUT2D eigenvalue weighted by atomic mass is 16.3. The summed E-state index contributed by atoms with van der Waals surface area (Å²) in [6.07, 6.45) is -0.629. The average Bonchev–Trinajstić information content (AvgIpc) is 2.49. The third-order valence-corrected chi connectivity index (χ3v) is 2.66. The molecule has 5 N–H and O–H groups in total. The van der Waals surface area contributed by atoms with E-state index in [0.29, 0.717) is 0 Å². The molecule has 20 heavy (non-hydrogen) atoms. The molecule has 4 nitrogen and oxygen atoms in total. The molecule has 4 heteroatoms. The standard InChI is InChI=1S/C8H11NO2.C8H11N/c9-5-8(11)6-1-3-7(10)4-2-6;1-2-9-8-6-4-3-5-7-8/h1-4,8,10-11H,5,9H2;3-7,9H,2H2,1H3. The van der Waals surface area contributed by atoms with Crippen molar-refractivity contribution in [2.75, 3.05) is 18.4 Å². The van der Waals surface area contributed by atoms with Crippen LogP contribution >= 0.6 is 0 Å². The summed E-state index contributed by atoms with van der Waals surface area (Å²) in [5, 5.41) is 21.3. The number of nitrogens with two attached hydrogens (primary N) is 1. The maximum Gasteiger partial charge on any atom is 0.115 e. The highest BCUT2D eigenvalue weighted by Gasteiger charge is 2.02. The van der Waals surface area contributed by atoms with Gasteiger partial charge in [-0.2, -0.15) is 0 Å². The van der Waals surface area contributed by atoms with E-state index in [1.807, 2.05) is 18.2 Å². The third-order valence-electron chi connectivity index (χ3n) is 2.66. The molecule has 2 aromatic carbocycles. The summed E-state index contributed by atoms with van der Waals surface area (Å²) in [4.78, 5) is 0. The van der Waals surface area contributed by atoms with Gasteiger partial charge in [-0.25, -0.2) is 0 Å². The van der Waals surface area contributed by atoms with E-state index < -0.39 is 6.10 Å². The Bertz CT molecular complexity index is 472. The fourth-order valence-corrected chi connectivity index (χ4v) is 1.59. The molecule has 2 aromatic rings. The van der Waals surface area contributed by atoms with Gasteiger partial charge in [0.2, 0.25) is 0 Å². The molecule has 0 aromatic heterocycles. The van der Waals surface area contributed by atoms with Crippen LogP contribution in [0.2, 0.25) is 0 Å². The number of aliphatic hydroxyl groups is 1. The lowest BCUT2D eigenvalue weighted by atomic mass is 10.1. The zero-order valence-electron chi connectivity index (χ0n) is 11.7. The van der Waals surface area contributed by atoms with Crippen LogP contribution in [0.1, 0.15) is 18.6 Å². The van der Waals surface area contributed by atoms with Crippen molar-refractivity contribution < 1.29 is 10.2 Å². The van der Waals surface area contributed by atoms with Gasteiger partial charge in [-0.3, -0.25) is 0 Å². The molecular formula is C16H22N2O2. The highest BCUT2D eigenvalue weighted by Crippen LogP contribution is 2.15. The van der Waals surface area contributed by atoms with Gasteiger partial charge in [-0.05, 0) is 36.8 Å². The van der Waals surface area contributed by atoms with E-state index in [4.69, 9.17) is 10.8 Å². The number of aromatic hydroxyl groups is 1.